The Morgan fingerprint density at radius 1 is 0.865 bits per heavy atom. The van der Waals surface area contributed by atoms with Crippen molar-refractivity contribution < 1.29 is 33.8 Å². The number of anilines is 1. The van der Waals surface area contributed by atoms with E-state index in [4.69, 9.17) is 9.47 Å². The van der Waals surface area contributed by atoms with Crippen molar-refractivity contribution in [2.75, 3.05) is 58.8 Å². The van der Waals surface area contributed by atoms with E-state index in [1.807, 2.05) is 47.1 Å². The topological polar surface area (TPSA) is 132 Å². The van der Waals surface area contributed by atoms with Gasteiger partial charge in [-0.25, -0.2) is 9.59 Å². The van der Waals surface area contributed by atoms with Gasteiger partial charge in [-0.15, -0.1) is 0 Å². The number of phenolic OH excluding ortho intramolecular Hbond substituents is 1. The molecule has 2 aromatic carbocycles. The van der Waals surface area contributed by atoms with E-state index in [2.05, 4.69) is 48.1 Å². The number of nitrogens with one attached hydrogen (secondary N) is 1. The number of likely N-dealkylation sites (tertiary alicyclic amines) is 3. The molecule has 0 spiro atoms. The van der Waals surface area contributed by atoms with Gasteiger partial charge in [0, 0.05) is 56.4 Å². The SMILES string of the molecule is COC(=O)N1CCC(N2CCc3ccccc3NC2=O)CC1.COC(=O)[C@@H]1CCCCN1C1CCN(C(=O)[C@H](C)Cc2cc(Br)c(O)c(Br)c2)CC1. The second-order valence-corrected chi connectivity index (χ2v) is 15.8. The summed E-state index contributed by atoms with van der Waals surface area (Å²) in [7, 11) is 2.86. The van der Waals surface area contributed by atoms with E-state index in [1.54, 1.807) is 4.90 Å². The zero-order valence-electron chi connectivity index (χ0n) is 30.3. The molecule has 3 fully saturated rings. The molecule has 4 heterocycles. The number of hydrogen-bond donors (Lipinski definition) is 2. The van der Waals surface area contributed by atoms with Gasteiger partial charge in [0.1, 0.15) is 11.8 Å². The van der Waals surface area contributed by atoms with Gasteiger partial charge < -0.3 is 34.6 Å². The van der Waals surface area contributed by atoms with Crippen molar-refractivity contribution in [3.8, 4) is 5.75 Å². The van der Waals surface area contributed by atoms with Gasteiger partial charge >= 0.3 is 18.1 Å². The number of piperidine rings is 3. The van der Waals surface area contributed by atoms with E-state index in [-0.39, 0.29) is 47.8 Å². The Balaban J connectivity index is 0.000000210. The molecule has 2 atom stereocenters. The monoisotopic (exact) mass is 847 g/mol. The third kappa shape index (κ3) is 9.79. The number of urea groups is 1. The molecule has 4 aliphatic heterocycles. The first-order valence-electron chi connectivity index (χ1n) is 18.3. The van der Waals surface area contributed by atoms with Crippen molar-refractivity contribution in [2.45, 2.75) is 82.8 Å². The highest BCUT2D eigenvalue weighted by Gasteiger charge is 2.37. The van der Waals surface area contributed by atoms with Crippen LogP contribution < -0.4 is 5.32 Å². The van der Waals surface area contributed by atoms with Crippen LogP contribution in [-0.2, 0) is 31.9 Å². The number of nitrogens with zero attached hydrogens (tertiary/aromatic N) is 4. The van der Waals surface area contributed by atoms with E-state index < -0.39 is 0 Å². The maximum absolute atomic E-state index is 13.0. The van der Waals surface area contributed by atoms with Crippen molar-refractivity contribution in [1.29, 1.82) is 0 Å². The molecule has 12 nitrogen and oxygen atoms in total. The van der Waals surface area contributed by atoms with Crippen LogP contribution in [0.3, 0.4) is 0 Å². The molecule has 0 aliphatic carbocycles. The standard InChI is InChI=1S/C22H30Br2N2O4.C16H21N3O3/c1-14(11-15-12-17(23)20(27)18(24)13-15)21(28)25-9-6-16(7-10-25)26-8-4-3-5-19(26)22(29)30-2;1-22-16(21)18-9-7-13(8-10-18)19-11-6-12-4-2-3-5-14(12)17-15(19)20/h12-14,16,19,27H,3-11H2,1-2H3;2-5,13H,6-11H2,1H3,(H,17,20)/t14-,19+;/m1./s1. The minimum absolute atomic E-state index is 0.0403. The summed E-state index contributed by atoms with van der Waals surface area (Å²) in [5.41, 5.74) is 3.07. The van der Waals surface area contributed by atoms with Crippen LogP contribution in [0.5, 0.6) is 5.75 Å². The van der Waals surface area contributed by atoms with Crippen LogP contribution >= 0.6 is 31.9 Å². The largest absolute Gasteiger partial charge is 0.506 e. The van der Waals surface area contributed by atoms with Gasteiger partial charge in [0.15, 0.2) is 0 Å². The van der Waals surface area contributed by atoms with Crippen LogP contribution in [0.2, 0.25) is 0 Å². The Morgan fingerprint density at radius 2 is 1.50 bits per heavy atom. The highest BCUT2D eigenvalue weighted by atomic mass is 79.9. The Labute approximate surface area is 323 Å². The van der Waals surface area contributed by atoms with Gasteiger partial charge in [-0.3, -0.25) is 14.5 Å². The number of fused-ring (bicyclic) bond motifs is 1. The fourth-order valence-corrected chi connectivity index (χ4v) is 9.19. The molecule has 6 rings (SSSR count). The molecule has 52 heavy (non-hydrogen) atoms. The lowest BCUT2D eigenvalue weighted by atomic mass is 9.93. The average molecular weight is 850 g/mol. The smallest absolute Gasteiger partial charge is 0.409 e. The Hall–Kier alpha value is -3.36. The quantitative estimate of drug-likeness (QED) is 0.319. The maximum atomic E-state index is 13.0. The maximum Gasteiger partial charge on any atom is 0.409 e. The zero-order valence-corrected chi connectivity index (χ0v) is 33.5. The summed E-state index contributed by atoms with van der Waals surface area (Å²) in [5, 5.41) is 12.9. The summed E-state index contributed by atoms with van der Waals surface area (Å²) in [6.07, 6.45) is 7.59. The van der Waals surface area contributed by atoms with Gasteiger partial charge in [0.2, 0.25) is 5.91 Å². The van der Waals surface area contributed by atoms with E-state index in [0.717, 1.165) is 82.3 Å². The first-order valence-corrected chi connectivity index (χ1v) is 19.9. The second kappa shape index (κ2) is 18.6. The van der Waals surface area contributed by atoms with Crippen LogP contribution in [0.4, 0.5) is 15.3 Å². The number of para-hydroxylation sites is 1. The highest BCUT2D eigenvalue weighted by Crippen LogP contribution is 2.34. The van der Waals surface area contributed by atoms with Crippen molar-refractivity contribution in [3.63, 3.8) is 0 Å². The number of phenols is 1. The van der Waals surface area contributed by atoms with Gasteiger partial charge in [0.05, 0.1) is 23.2 Å². The number of hydrogen-bond acceptors (Lipinski definition) is 8. The molecular formula is C38H51Br2N5O7. The Kier molecular flexibility index (Phi) is 14.3. The number of methoxy groups -OCH3 is 2. The molecule has 2 N–H and O–H groups in total. The second-order valence-electron chi connectivity index (χ2n) is 14.1. The lowest BCUT2D eigenvalue weighted by molar-refractivity contribution is -0.151. The molecule has 3 saturated heterocycles. The third-order valence-electron chi connectivity index (χ3n) is 10.8. The van der Waals surface area contributed by atoms with Crippen LogP contribution in [0, 0.1) is 5.92 Å². The molecule has 4 amide bonds. The van der Waals surface area contributed by atoms with E-state index >= 15 is 0 Å². The minimum atomic E-state index is -0.286. The van der Waals surface area contributed by atoms with Crippen molar-refractivity contribution >= 4 is 61.5 Å². The van der Waals surface area contributed by atoms with Crippen molar-refractivity contribution in [3.05, 3.63) is 56.5 Å². The third-order valence-corrected chi connectivity index (χ3v) is 12.0. The lowest BCUT2D eigenvalue weighted by Crippen LogP contribution is -2.54. The fraction of sp³-hybridized carbons (Fsp3) is 0.579. The number of esters is 1. The number of carbonyl (C=O) groups is 4. The molecule has 0 saturated carbocycles. The van der Waals surface area contributed by atoms with Gasteiger partial charge in [-0.05, 0) is 119 Å². The van der Waals surface area contributed by atoms with E-state index in [9.17, 15) is 24.3 Å². The van der Waals surface area contributed by atoms with Gasteiger partial charge in [0.25, 0.3) is 0 Å². The van der Waals surface area contributed by atoms with Crippen LogP contribution in [-0.4, -0.2) is 120 Å². The Morgan fingerprint density at radius 3 is 2.15 bits per heavy atom. The summed E-state index contributed by atoms with van der Waals surface area (Å²) in [5.74, 6) is 0.0652. The molecule has 2 aromatic rings. The molecule has 14 heteroatoms. The molecule has 0 radical (unpaired) electrons. The molecule has 0 aromatic heterocycles. The zero-order chi connectivity index (χ0) is 37.4. The number of benzene rings is 2. The molecule has 4 aliphatic rings. The number of halogens is 2. The van der Waals surface area contributed by atoms with Crippen LogP contribution in [0.15, 0.2) is 45.3 Å². The number of amides is 4. The Bertz CT molecular complexity index is 1560. The first-order chi connectivity index (χ1) is 25.0. The molecule has 0 bridgehead atoms. The summed E-state index contributed by atoms with van der Waals surface area (Å²) in [6, 6.07) is 12.0. The number of carbonyl (C=O) groups excluding carboxylic acids is 4. The fourth-order valence-electron chi connectivity index (χ4n) is 7.91. The van der Waals surface area contributed by atoms with E-state index in [1.165, 1.54) is 19.8 Å². The predicted molar refractivity (Wildman–Crippen MR) is 205 cm³/mol. The predicted octanol–water partition coefficient (Wildman–Crippen LogP) is 6.42. The van der Waals surface area contributed by atoms with E-state index in [0.29, 0.717) is 41.0 Å². The minimum Gasteiger partial charge on any atom is -0.506 e. The normalized spacial score (nSPS) is 20.8. The van der Waals surface area contributed by atoms with Crippen molar-refractivity contribution in [2.24, 2.45) is 5.92 Å². The van der Waals surface area contributed by atoms with Crippen LogP contribution in [0.1, 0.15) is 63.0 Å². The summed E-state index contributed by atoms with van der Waals surface area (Å²) in [6.45, 7) is 6.32. The number of aromatic hydroxyl groups is 1. The summed E-state index contributed by atoms with van der Waals surface area (Å²) in [4.78, 5) is 57.0. The van der Waals surface area contributed by atoms with Gasteiger partial charge in [-0.1, -0.05) is 31.5 Å². The summed E-state index contributed by atoms with van der Waals surface area (Å²) < 4.78 is 11.0. The first kappa shape index (κ1) is 39.8. The van der Waals surface area contributed by atoms with Gasteiger partial charge in [-0.2, -0.15) is 0 Å². The number of ether oxygens (including phenoxy) is 2. The van der Waals surface area contributed by atoms with Crippen molar-refractivity contribution in [1.82, 2.24) is 19.6 Å². The molecule has 284 valence electrons. The highest BCUT2D eigenvalue weighted by molar-refractivity contribution is 9.11. The van der Waals surface area contributed by atoms with Crippen LogP contribution in [0.25, 0.3) is 0 Å². The molecular weight excluding hydrogens is 798 g/mol. The average Bonchev–Trinajstić information content (AvgIpc) is 3.34. The lowest BCUT2D eigenvalue weighted by Gasteiger charge is -2.43. The molecule has 0 unspecified atom stereocenters. The number of rotatable bonds is 6. The summed E-state index contributed by atoms with van der Waals surface area (Å²) >= 11 is 6.70.